The van der Waals surface area contributed by atoms with E-state index in [0.717, 1.165) is 23.5 Å². The Kier molecular flexibility index (Phi) is 2.88. The highest BCUT2D eigenvalue weighted by Gasteiger charge is 2.31. The molecule has 1 saturated carbocycles. The number of aryl methyl sites for hydroxylation is 1. The van der Waals surface area contributed by atoms with Crippen molar-refractivity contribution in [3.63, 3.8) is 0 Å². The van der Waals surface area contributed by atoms with E-state index < -0.39 is 0 Å². The van der Waals surface area contributed by atoms with Gasteiger partial charge in [0.1, 0.15) is 5.69 Å². The minimum Gasteiger partial charge on any atom is -0.390 e. The van der Waals surface area contributed by atoms with Crippen molar-refractivity contribution in [1.82, 2.24) is 15.0 Å². The van der Waals surface area contributed by atoms with Gasteiger partial charge in [-0.25, -0.2) is 4.68 Å². The van der Waals surface area contributed by atoms with Crippen LogP contribution in [0.2, 0.25) is 0 Å². The number of nitrogens with zero attached hydrogens (tertiary/aromatic N) is 3. The normalized spacial score (nSPS) is 15.0. The Morgan fingerprint density at radius 2 is 2.00 bits per heavy atom. The molecule has 2 aromatic rings. The van der Waals surface area contributed by atoms with Crippen molar-refractivity contribution in [2.24, 2.45) is 0 Å². The van der Waals surface area contributed by atoms with Gasteiger partial charge in [-0.15, -0.1) is 5.10 Å². The largest absolute Gasteiger partial charge is 0.390 e. The Hall–Kier alpha value is -1.68. The third-order valence-electron chi connectivity index (χ3n) is 3.48. The Morgan fingerprint density at radius 3 is 2.56 bits per heavy atom. The molecule has 1 aromatic carbocycles. The average molecular weight is 243 g/mol. The molecule has 0 spiro atoms. The highest BCUT2D eigenvalue weighted by molar-refractivity contribution is 5.37. The fraction of sp³-hybridized carbons (Fsp3) is 0.429. The Labute approximate surface area is 106 Å². The number of aromatic nitrogens is 3. The Balaban J connectivity index is 2.02. The zero-order chi connectivity index (χ0) is 12.5. The van der Waals surface area contributed by atoms with E-state index in [1.54, 1.807) is 0 Å². The topological polar surface area (TPSA) is 50.9 Å². The number of aliphatic hydroxyl groups excluding tert-OH is 1. The second kappa shape index (κ2) is 4.53. The SMILES string of the molecule is CCc1ccc(-n2nnc(CO)c2C2CC2)cc1. The van der Waals surface area contributed by atoms with E-state index in [0.29, 0.717) is 5.92 Å². The molecule has 0 radical (unpaired) electrons. The lowest BCUT2D eigenvalue weighted by Gasteiger charge is -2.07. The van der Waals surface area contributed by atoms with Gasteiger partial charge in [0, 0.05) is 5.92 Å². The highest BCUT2D eigenvalue weighted by atomic mass is 16.3. The van der Waals surface area contributed by atoms with E-state index in [-0.39, 0.29) is 6.61 Å². The van der Waals surface area contributed by atoms with Crippen molar-refractivity contribution < 1.29 is 5.11 Å². The van der Waals surface area contributed by atoms with Crippen LogP contribution < -0.4 is 0 Å². The van der Waals surface area contributed by atoms with E-state index >= 15 is 0 Å². The summed E-state index contributed by atoms with van der Waals surface area (Å²) in [6.45, 7) is 2.11. The summed E-state index contributed by atoms with van der Waals surface area (Å²) in [5.41, 5.74) is 4.15. The lowest BCUT2D eigenvalue weighted by molar-refractivity contribution is 0.275. The predicted molar refractivity (Wildman–Crippen MR) is 68.6 cm³/mol. The van der Waals surface area contributed by atoms with Crippen LogP contribution in [0, 0.1) is 0 Å². The predicted octanol–water partition coefficient (Wildman–Crippen LogP) is 2.20. The van der Waals surface area contributed by atoms with Crippen LogP contribution in [0.5, 0.6) is 0 Å². The first-order valence-electron chi connectivity index (χ1n) is 6.48. The lowest BCUT2D eigenvalue weighted by Crippen LogP contribution is -2.02. The van der Waals surface area contributed by atoms with Crippen LogP contribution >= 0.6 is 0 Å². The van der Waals surface area contributed by atoms with Crippen LogP contribution in [0.4, 0.5) is 0 Å². The van der Waals surface area contributed by atoms with Gasteiger partial charge in [-0.3, -0.25) is 0 Å². The molecule has 0 amide bonds. The zero-order valence-corrected chi connectivity index (χ0v) is 10.5. The van der Waals surface area contributed by atoms with Gasteiger partial charge in [-0.05, 0) is 37.0 Å². The van der Waals surface area contributed by atoms with Gasteiger partial charge in [-0.2, -0.15) is 0 Å². The highest BCUT2D eigenvalue weighted by Crippen LogP contribution is 2.41. The first-order chi connectivity index (χ1) is 8.83. The standard InChI is InChI=1S/C14H17N3O/c1-2-10-3-7-12(8-4-10)17-14(11-5-6-11)13(9-18)15-16-17/h3-4,7-8,11,18H,2,5-6,9H2,1H3. The summed E-state index contributed by atoms with van der Waals surface area (Å²) < 4.78 is 1.88. The summed E-state index contributed by atoms with van der Waals surface area (Å²) in [5, 5.41) is 17.6. The summed E-state index contributed by atoms with van der Waals surface area (Å²) in [7, 11) is 0. The van der Waals surface area contributed by atoms with Gasteiger partial charge in [0.15, 0.2) is 0 Å². The van der Waals surface area contributed by atoms with E-state index in [1.165, 1.54) is 18.4 Å². The number of aliphatic hydroxyl groups is 1. The maximum Gasteiger partial charge on any atom is 0.112 e. The number of rotatable bonds is 4. The molecule has 0 saturated heterocycles. The molecule has 4 nitrogen and oxygen atoms in total. The van der Waals surface area contributed by atoms with Crippen LogP contribution in [-0.4, -0.2) is 20.1 Å². The fourth-order valence-corrected chi connectivity index (χ4v) is 2.26. The van der Waals surface area contributed by atoms with E-state index in [9.17, 15) is 5.11 Å². The Bertz CT molecular complexity index is 541. The summed E-state index contributed by atoms with van der Waals surface area (Å²) in [4.78, 5) is 0. The van der Waals surface area contributed by atoms with Gasteiger partial charge in [0.25, 0.3) is 0 Å². The van der Waals surface area contributed by atoms with E-state index in [4.69, 9.17) is 0 Å². The van der Waals surface area contributed by atoms with Crippen molar-refractivity contribution in [2.45, 2.75) is 38.7 Å². The molecule has 0 aliphatic heterocycles. The van der Waals surface area contributed by atoms with Crippen LogP contribution in [-0.2, 0) is 13.0 Å². The quantitative estimate of drug-likeness (QED) is 0.895. The molecule has 1 heterocycles. The second-order valence-electron chi connectivity index (χ2n) is 4.79. The Morgan fingerprint density at radius 1 is 1.28 bits per heavy atom. The van der Waals surface area contributed by atoms with Gasteiger partial charge in [0.2, 0.25) is 0 Å². The van der Waals surface area contributed by atoms with Crippen molar-refractivity contribution in [3.8, 4) is 5.69 Å². The molecule has 1 aliphatic carbocycles. The minimum absolute atomic E-state index is 0.0289. The van der Waals surface area contributed by atoms with E-state index in [2.05, 4.69) is 41.5 Å². The minimum atomic E-state index is -0.0289. The number of hydrogen-bond acceptors (Lipinski definition) is 3. The molecule has 0 atom stereocenters. The number of hydrogen-bond donors (Lipinski definition) is 1. The molecular weight excluding hydrogens is 226 g/mol. The zero-order valence-electron chi connectivity index (χ0n) is 10.5. The first kappa shape index (κ1) is 11.4. The van der Waals surface area contributed by atoms with Crippen molar-refractivity contribution in [3.05, 3.63) is 41.2 Å². The van der Waals surface area contributed by atoms with Crippen molar-refractivity contribution in [1.29, 1.82) is 0 Å². The molecule has 4 heteroatoms. The second-order valence-corrected chi connectivity index (χ2v) is 4.79. The van der Waals surface area contributed by atoms with Crippen molar-refractivity contribution >= 4 is 0 Å². The van der Waals surface area contributed by atoms with Gasteiger partial charge in [-0.1, -0.05) is 24.3 Å². The molecule has 1 N–H and O–H groups in total. The summed E-state index contributed by atoms with van der Waals surface area (Å²) in [6, 6.07) is 8.37. The summed E-state index contributed by atoms with van der Waals surface area (Å²) in [5.74, 6) is 0.521. The fourth-order valence-electron chi connectivity index (χ4n) is 2.26. The number of benzene rings is 1. The third kappa shape index (κ3) is 1.93. The van der Waals surface area contributed by atoms with Crippen LogP contribution in [0.25, 0.3) is 5.69 Å². The molecule has 94 valence electrons. The van der Waals surface area contributed by atoms with E-state index in [1.807, 2.05) is 4.68 Å². The summed E-state index contributed by atoms with van der Waals surface area (Å²) in [6.07, 6.45) is 3.38. The van der Waals surface area contributed by atoms with Gasteiger partial charge >= 0.3 is 0 Å². The third-order valence-corrected chi connectivity index (χ3v) is 3.48. The van der Waals surface area contributed by atoms with Gasteiger partial charge < -0.3 is 5.11 Å². The van der Waals surface area contributed by atoms with Crippen LogP contribution in [0.15, 0.2) is 24.3 Å². The molecule has 1 aromatic heterocycles. The van der Waals surface area contributed by atoms with Gasteiger partial charge in [0.05, 0.1) is 18.0 Å². The van der Waals surface area contributed by atoms with Crippen LogP contribution in [0.1, 0.15) is 42.6 Å². The summed E-state index contributed by atoms with van der Waals surface area (Å²) >= 11 is 0. The molecule has 18 heavy (non-hydrogen) atoms. The first-order valence-corrected chi connectivity index (χ1v) is 6.48. The smallest absolute Gasteiger partial charge is 0.112 e. The average Bonchev–Trinajstić information content (AvgIpc) is 3.18. The van der Waals surface area contributed by atoms with Crippen molar-refractivity contribution in [2.75, 3.05) is 0 Å². The monoisotopic (exact) mass is 243 g/mol. The molecule has 3 rings (SSSR count). The van der Waals surface area contributed by atoms with Crippen LogP contribution in [0.3, 0.4) is 0 Å². The molecule has 0 bridgehead atoms. The maximum atomic E-state index is 9.32. The molecule has 1 fully saturated rings. The maximum absolute atomic E-state index is 9.32. The molecular formula is C14H17N3O. The molecule has 0 unspecified atom stereocenters. The lowest BCUT2D eigenvalue weighted by atomic mass is 10.1. The molecule has 1 aliphatic rings.